The number of hydrogen-bond donors (Lipinski definition) is 1. The maximum absolute atomic E-state index is 5.20. The number of ether oxygens (including phenoxy) is 1. The highest BCUT2D eigenvalue weighted by atomic mass is 16.5. The van der Waals surface area contributed by atoms with E-state index in [-0.39, 0.29) is 6.04 Å². The topological polar surface area (TPSA) is 52.0 Å². The van der Waals surface area contributed by atoms with Crippen molar-refractivity contribution in [2.75, 3.05) is 19.0 Å². The van der Waals surface area contributed by atoms with Crippen molar-refractivity contribution >= 4 is 5.95 Å². The molecule has 1 aliphatic rings. The van der Waals surface area contributed by atoms with Gasteiger partial charge in [0.05, 0.1) is 13.2 Å². The fraction of sp³-hybridized carbons (Fsp3) is 0.429. The van der Waals surface area contributed by atoms with Gasteiger partial charge < -0.3 is 10.1 Å². The number of nitrogens with zero attached hydrogens (tertiary/aromatic N) is 3. The Bertz CT molecular complexity index is 561. The van der Waals surface area contributed by atoms with Crippen LogP contribution >= 0.6 is 0 Å². The lowest BCUT2D eigenvalue weighted by Gasteiger charge is -2.24. The van der Waals surface area contributed by atoms with Crippen LogP contribution in [0.25, 0.3) is 0 Å². The van der Waals surface area contributed by atoms with Gasteiger partial charge in [-0.3, -0.25) is 0 Å². The predicted molar refractivity (Wildman–Crippen MR) is 73.6 cm³/mol. The van der Waals surface area contributed by atoms with Crippen LogP contribution < -0.4 is 10.1 Å². The Morgan fingerprint density at radius 1 is 1.37 bits per heavy atom. The third kappa shape index (κ3) is 2.16. The molecule has 0 bridgehead atoms. The van der Waals surface area contributed by atoms with E-state index < -0.39 is 0 Å². The molecule has 19 heavy (non-hydrogen) atoms. The Morgan fingerprint density at radius 2 is 2.16 bits per heavy atom. The molecule has 1 unspecified atom stereocenters. The van der Waals surface area contributed by atoms with E-state index in [0.717, 1.165) is 36.9 Å². The van der Waals surface area contributed by atoms with Gasteiger partial charge in [-0.25, -0.2) is 4.68 Å². The van der Waals surface area contributed by atoms with E-state index in [0.29, 0.717) is 0 Å². The third-order valence-corrected chi connectivity index (χ3v) is 3.49. The Balaban J connectivity index is 1.95. The number of rotatable bonds is 3. The fourth-order valence-corrected chi connectivity index (χ4v) is 2.43. The first kappa shape index (κ1) is 12.0. The minimum atomic E-state index is 0.259. The molecule has 3 rings (SSSR count). The van der Waals surface area contributed by atoms with Gasteiger partial charge in [-0.15, -0.1) is 0 Å². The summed E-state index contributed by atoms with van der Waals surface area (Å²) in [5.74, 6) is 2.65. The molecule has 1 atom stereocenters. The van der Waals surface area contributed by atoms with Crippen molar-refractivity contribution in [1.29, 1.82) is 0 Å². The first-order valence-electron chi connectivity index (χ1n) is 6.65. The molecule has 1 aliphatic heterocycles. The zero-order valence-corrected chi connectivity index (χ0v) is 11.3. The van der Waals surface area contributed by atoms with Crippen LogP contribution in [0.1, 0.15) is 30.8 Å². The van der Waals surface area contributed by atoms with Crippen molar-refractivity contribution in [3.8, 4) is 5.75 Å². The molecule has 1 N–H and O–H groups in total. The van der Waals surface area contributed by atoms with Gasteiger partial charge >= 0.3 is 0 Å². The second kappa shape index (κ2) is 4.91. The Kier molecular flexibility index (Phi) is 3.11. The van der Waals surface area contributed by atoms with E-state index in [2.05, 4.69) is 34.5 Å². The van der Waals surface area contributed by atoms with Gasteiger partial charge in [0.2, 0.25) is 5.95 Å². The molecule has 0 saturated carbocycles. The van der Waals surface area contributed by atoms with Crippen molar-refractivity contribution < 1.29 is 4.74 Å². The van der Waals surface area contributed by atoms with Crippen LogP contribution in [0.3, 0.4) is 0 Å². The van der Waals surface area contributed by atoms with Gasteiger partial charge in [-0.1, -0.05) is 19.1 Å². The monoisotopic (exact) mass is 258 g/mol. The number of benzene rings is 1. The molecule has 1 aromatic carbocycles. The van der Waals surface area contributed by atoms with Gasteiger partial charge in [0, 0.05) is 13.0 Å². The number of nitrogens with one attached hydrogen (secondary N) is 1. The zero-order chi connectivity index (χ0) is 13.2. The molecule has 0 saturated heterocycles. The normalized spacial score (nSPS) is 17.7. The Labute approximate surface area is 112 Å². The van der Waals surface area contributed by atoms with E-state index in [1.807, 2.05) is 16.8 Å². The number of aryl methyl sites for hydroxylation is 1. The molecule has 0 radical (unpaired) electrons. The molecule has 5 heteroatoms. The van der Waals surface area contributed by atoms with Crippen LogP contribution in [0.15, 0.2) is 24.3 Å². The molecular formula is C14H18N4O. The van der Waals surface area contributed by atoms with Crippen LogP contribution in [-0.2, 0) is 6.42 Å². The predicted octanol–water partition coefficient (Wildman–Crippen LogP) is 2.25. The van der Waals surface area contributed by atoms with Crippen molar-refractivity contribution in [3.63, 3.8) is 0 Å². The quantitative estimate of drug-likeness (QED) is 0.917. The van der Waals surface area contributed by atoms with Gasteiger partial charge in [-0.05, 0) is 24.1 Å². The number of methoxy groups -OCH3 is 1. The molecule has 100 valence electrons. The zero-order valence-electron chi connectivity index (χ0n) is 11.3. The summed E-state index contributed by atoms with van der Waals surface area (Å²) in [7, 11) is 1.68. The standard InChI is InChI=1S/C14H18N4O/c1-3-13-16-14-15-9-8-12(18(14)17-13)10-4-6-11(19-2)7-5-10/h4-7,12H,3,8-9H2,1-2H3,(H,15,16,17). The number of aromatic nitrogens is 3. The SMILES string of the molecule is CCc1nc2n(n1)C(c1ccc(OC)cc1)CCN2. The molecule has 0 spiro atoms. The largest absolute Gasteiger partial charge is 0.497 e. The summed E-state index contributed by atoms with van der Waals surface area (Å²) in [5, 5.41) is 7.89. The van der Waals surface area contributed by atoms with Gasteiger partial charge in [0.25, 0.3) is 0 Å². The lowest BCUT2D eigenvalue weighted by Crippen LogP contribution is -2.24. The molecule has 1 aromatic heterocycles. The molecular weight excluding hydrogens is 240 g/mol. The van der Waals surface area contributed by atoms with Crippen LogP contribution in [0, 0.1) is 0 Å². The van der Waals surface area contributed by atoms with Crippen LogP contribution in [0.4, 0.5) is 5.95 Å². The molecule has 2 heterocycles. The van der Waals surface area contributed by atoms with Crippen molar-refractivity contribution in [2.24, 2.45) is 0 Å². The second-order valence-electron chi connectivity index (χ2n) is 4.65. The van der Waals surface area contributed by atoms with E-state index in [4.69, 9.17) is 4.74 Å². The summed E-state index contributed by atoms with van der Waals surface area (Å²) in [6.45, 7) is 3.00. The minimum Gasteiger partial charge on any atom is -0.497 e. The average molecular weight is 258 g/mol. The molecule has 0 fully saturated rings. The van der Waals surface area contributed by atoms with E-state index in [9.17, 15) is 0 Å². The van der Waals surface area contributed by atoms with Crippen molar-refractivity contribution in [1.82, 2.24) is 14.8 Å². The lowest BCUT2D eigenvalue weighted by atomic mass is 10.0. The third-order valence-electron chi connectivity index (χ3n) is 3.49. The smallest absolute Gasteiger partial charge is 0.221 e. The van der Waals surface area contributed by atoms with Crippen molar-refractivity contribution in [3.05, 3.63) is 35.7 Å². The van der Waals surface area contributed by atoms with Gasteiger partial charge in [-0.2, -0.15) is 10.1 Å². The van der Waals surface area contributed by atoms with E-state index in [1.165, 1.54) is 5.56 Å². The maximum atomic E-state index is 5.20. The Morgan fingerprint density at radius 3 is 2.84 bits per heavy atom. The molecule has 2 aromatic rings. The Hall–Kier alpha value is -2.04. The van der Waals surface area contributed by atoms with Crippen molar-refractivity contribution in [2.45, 2.75) is 25.8 Å². The molecule has 0 amide bonds. The highest BCUT2D eigenvalue weighted by molar-refractivity contribution is 5.35. The van der Waals surface area contributed by atoms with Gasteiger partial charge in [0.15, 0.2) is 5.82 Å². The van der Waals surface area contributed by atoms with Crippen LogP contribution in [0.5, 0.6) is 5.75 Å². The molecule has 0 aliphatic carbocycles. The maximum Gasteiger partial charge on any atom is 0.221 e. The molecule has 5 nitrogen and oxygen atoms in total. The second-order valence-corrected chi connectivity index (χ2v) is 4.65. The number of anilines is 1. The summed E-state index contributed by atoms with van der Waals surface area (Å²) in [5.41, 5.74) is 1.25. The van der Waals surface area contributed by atoms with E-state index >= 15 is 0 Å². The summed E-state index contributed by atoms with van der Waals surface area (Å²) < 4.78 is 7.20. The first-order chi connectivity index (χ1) is 9.31. The van der Waals surface area contributed by atoms with Gasteiger partial charge in [0.1, 0.15) is 5.75 Å². The summed E-state index contributed by atoms with van der Waals surface area (Å²) in [4.78, 5) is 4.49. The summed E-state index contributed by atoms with van der Waals surface area (Å²) >= 11 is 0. The highest BCUT2D eigenvalue weighted by Gasteiger charge is 2.23. The first-order valence-corrected chi connectivity index (χ1v) is 6.65. The van der Waals surface area contributed by atoms with Crippen LogP contribution in [0.2, 0.25) is 0 Å². The average Bonchev–Trinajstić information content (AvgIpc) is 2.90. The fourth-order valence-electron chi connectivity index (χ4n) is 2.43. The lowest BCUT2D eigenvalue weighted by molar-refractivity contribution is 0.413. The number of hydrogen-bond acceptors (Lipinski definition) is 4. The number of fused-ring (bicyclic) bond motifs is 1. The highest BCUT2D eigenvalue weighted by Crippen LogP contribution is 2.29. The van der Waals surface area contributed by atoms with Crippen LogP contribution in [-0.4, -0.2) is 28.4 Å². The summed E-state index contributed by atoms with van der Waals surface area (Å²) in [6.07, 6.45) is 1.88. The summed E-state index contributed by atoms with van der Waals surface area (Å²) in [6, 6.07) is 8.45. The minimum absolute atomic E-state index is 0.259. The van der Waals surface area contributed by atoms with E-state index in [1.54, 1.807) is 7.11 Å².